The van der Waals surface area contributed by atoms with Crippen LogP contribution in [0.5, 0.6) is 0 Å². The molecule has 1 aliphatic rings. The molecule has 0 radical (unpaired) electrons. The fourth-order valence-corrected chi connectivity index (χ4v) is 3.23. The zero-order valence-corrected chi connectivity index (χ0v) is 13.9. The smallest absolute Gasteiger partial charge is 0.239 e. The third-order valence-electron chi connectivity index (χ3n) is 4.53. The number of rotatable bonds is 4. The van der Waals surface area contributed by atoms with Crippen LogP contribution in [0.3, 0.4) is 0 Å². The van der Waals surface area contributed by atoms with Gasteiger partial charge in [-0.15, -0.1) is 0 Å². The molecule has 0 aliphatic carbocycles. The number of anilines is 1. The van der Waals surface area contributed by atoms with Gasteiger partial charge < -0.3 is 16.4 Å². The molecular formula is C18H22FN5O. The summed E-state index contributed by atoms with van der Waals surface area (Å²) in [7, 11) is 0. The van der Waals surface area contributed by atoms with E-state index >= 15 is 0 Å². The minimum absolute atomic E-state index is 0.0870. The lowest BCUT2D eigenvalue weighted by atomic mass is 9.93. The largest absolute Gasteiger partial charge is 0.368 e. The highest BCUT2D eigenvalue weighted by molar-refractivity contribution is 5.82. The molecule has 0 spiro atoms. The predicted octanol–water partition coefficient (Wildman–Crippen LogP) is 1.47. The first-order valence-electron chi connectivity index (χ1n) is 8.40. The number of halogens is 1. The van der Waals surface area contributed by atoms with Crippen molar-refractivity contribution < 1.29 is 9.18 Å². The van der Waals surface area contributed by atoms with E-state index in [0.29, 0.717) is 19.5 Å². The number of aromatic nitrogens is 2. The molecule has 7 heteroatoms. The third-order valence-corrected chi connectivity index (χ3v) is 4.53. The van der Waals surface area contributed by atoms with Crippen molar-refractivity contribution in [2.75, 3.05) is 18.8 Å². The minimum Gasteiger partial charge on any atom is -0.368 e. The second kappa shape index (κ2) is 7.57. The number of nitrogen functional groups attached to an aromatic ring is 1. The van der Waals surface area contributed by atoms with Gasteiger partial charge in [0.1, 0.15) is 5.82 Å². The Morgan fingerprint density at radius 3 is 2.80 bits per heavy atom. The fourth-order valence-electron chi connectivity index (χ4n) is 3.23. The quantitative estimate of drug-likeness (QED) is 0.876. The molecule has 3 rings (SSSR count). The van der Waals surface area contributed by atoms with Gasteiger partial charge in [-0.05, 0) is 43.0 Å². The normalized spacial score (nSPS) is 18.8. The highest BCUT2D eigenvalue weighted by atomic mass is 19.1. The molecule has 1 aromatic carbocycles. The number of carbonyl (C=O) groups excluding carboxylic acids is 1. The fraction of sp³-hybridized carbons (Fsp3) is 0.389. The predicted molar refractivity (Wildman–Crippen MR) is 93.1 cm³/mol. The van der Waals surface area contributed by atoms with E-state index in [-0.39, 0.29) is 23.6 Å². The van der Waals surface area contributed by atoms with E-state index in [1.54, 1.807) is 23.2 Å². The number of nitrogens with zero attached hydrogens (tertiary/aromatic N) is 3. The molecule has 0 saturated carbocycles. The first kappa shape index (κ1) is 17.3. The van der Waals surface area contributed by atoms with E-state index in [1.807, 2.05) is 6.07 Å². The summed E-state index contributed by atoms with van der Waals surface area (Å²) in [6.45, 7) is 1.26. The van der Waals surface area contributed by atoms with Crippen molar-refractivity contribution in [3.63, 3.8) is 0 Å². The number of piperidine rings is 1. The van der Waals surface area contributed by atoms with Crippen molar-refractivity contribution in [1.29, 1.82) is 0 Å². The van der Waals surface area contributed by atoms with Crippen LogP contribution in [-0.2, 0) is 11.2 Å². The van der Waals surface area contributed by atoms with Gasteiger partial charge in [0.25, 0.3) is 0 Å². The second-order valence-electron chi connectivity index (χ2n) is 6.40. The minimum atomic E-state index is -0.639. The molecule has 132 valence electrons. The van der Waals surface area contributed by atoms with Crippen LogP contribution in [0.4, 0.5) is 10.3 Å². The van der Waals surface area contributed by atoms with Gasteiger partial charge in [0.15, 0.2) is 0 Å². The summed E-state index contributed by atoms with van der Waals surface area (Å²) in [5.74, 6) is -0.00215. The Labute approximate surface area is 146 Å². The lowest BCUT2D eigenvalue weighted by Gasteiger charge is -2.34. The SMILES string of the molecule is Nc1nccc([C@@H]2CCCN(C(=O)[C@H](N)Cc3ccc(F)cc3)C2)n1. The topological polar surface area (TPSA) is 98.1 Å². The number of hydrogen-bond acceptors (Lipinski definition) is 5. The van der Waals surface area contributed by atoms with Crippen LogP contribution in [0.15, 0.2) is 36.5 Å². The van der Waals surface area contributed by atoms with E-state index in [4.69, 9.17) is 11.5 Å². The Morgan fingerprint density at radius 1 is 1.32 bits per heavy atom. The number of carbonyl (C=O) groups is 1. The van der Waals surface area contributed by atoms with Crippen molar-refractivity contribution in [2.24, 2.45) is 5.73 Å². The molecule has 1 amide bonds. The van der Waals surface area contributed by atoms with E-state index in [9.17, 15) is 9.18 Å². The van der Waals surface area contributed by atoms with Crippen LogP contribution in [0, 0.1) is 5.82 Å². The molecule has 6 nitrogen and oxygen atoms in total. The zero-order chi connectivity index (χ0) is 17.8. The molecule has 2 aromatic rings. The van der Waals surface area contributed by atoms with Crippen LogP contribution in [0.1, 0.15) is 30.0 Å². The van der Waals surface area contributed by atoms with Gasteiger partial charge in [-0.25, -0.2) is 14.4 Å². The summed E-state index contributed by atoms with van der Waals surface area (Å²) in [4.78, 5) is 22.7. The van der Waals surface area contributed by atoms with Gasteiger partial charge >= 0.3 is 0 Å². The van der Waals surface area contributed by atoms with E-state index in [1.165, 1.54) is 12.1 Å². The number of benzene rings is 1. The maximum absolute atomic E-state index is 13.0. The summed E-state index contributed by atoms with van der Waals surface area (Å²) >= 11 is 0. The first-order chi connectivity index (χ1) is 12.0. The van der Waals surface area contributed by atoms with Crippen LogP contribution in [-0.4, -0.2) is 39.9 Å². The summed E-state index contributed by atoms with van der Waals surface area (Å²) in [6.07, 6.45) is 3.87. The molecule has 1 aromatic heterocycles. The highest BCUT2D eigenvalue weighted by Gasteiger charge is 2.28. The molecule has 1 aliphatic heterocycles. The number of likely N-dealkylation sites (tertiary alicyclic amines) is 1. The molecular weight excluding hydrogens is 321 g/mol. The average Bonchev–Trinajstić information content (AvgIpc) is 2.63. The standard InChI is InChI=1S/C18H22FN5O/c19-14-5-3-12(4-6-14)10-15(20)17(25)24-9-1-2-13(11-24)16-7-8-22-18(21)23-16/h3-8,13,15H,1-2,9-11,20H2,(H2,21,22,23)/t13-,15-/m1/s1. The third kappa shape index (κ3) is 4.30. The monoisotopic (exact) mass is 343 g/mol. The van der Waals surface area contributed by atoms with Gasteiger partial charge in [-0.1, -0.05) is 12.1 Å². The summed E-state index contributed by atoms with van der Waals surface area (Å²) in [6, 6.07) is 7.27. The number of amides is 1. The highest BCUT2D eigenvalue weighted by Crippen LogP contribution is 2.26. The van der Waals surface area contributed by atoms with Gasteiger partial charge in [-0.3, -0.25) is 4.79 Å². The Morgan fingerprint density at radius 2 is 2.08 bits per heavy atom. The molecule has 1 saturated heterocycles. The molecule has 25 heavy (non-hydrogen) atoms. The Balaban J connectivity index is 1.64. The maximum atomic E-state index is 13.0. The van der Waals surface area contributed by atoms with Crippen molar-refractivity contribution in [2.45, 2.75) is 31.2 Å². The lowest BCUT2D eigenvalue weighted by Crippen LogP contribution is -2.48. The van der Waals surface area contributed by atoms with E-state index in [0.717, 1.165) is 24.1 Å². The van der Waals surface area contributed by atoms with Gasteiger partial charge in [0.05, 0.1) is 11.7 Å². The molecule has 0 unspecified atom stereocenters. The summed E-state index contributed by atoms with van der Waals surface area (Å²) in [5, 5.41) is 0. The van der Waals surface area contributed by atoms with Crippen molar-refractivity contribution in [3.05, 3.63) is 53.6 Å². The maximum Gasteiger partial charge on any atom is 0.239 e. The Hall–Kier alpha value is -2.54. The summed E-state index contributed by atoms with van der Waals surface area (Å²) in [5.41, 5.74) is 13.5. The number of nitrogens with two attached hydrogens (primary N) is 2. The Kier molecular flexibility index (Phi) is 5.23. The van der Waals surface area contributed by atoms with Gasteiger partial charge in [-0.2, -0.15) is 0 Å². The lowest BCUT2D eigenvalue weighted by molar-refractivity contribution is -0.133. The summed E-state index contributed by atoms with van der Waals surface area (Å²) < 4.78 is 13.0. The van der Waals surface area contributed by atoms with Crippen LogP contribution < -0.4 is 11.5 Å². The van der Waals surface area contributed by atoms with Gasteiger partial charge in [0.2, 0.25) is 11.9 Å². The van der Waals surface area contributed by atoms with Crippen LogP contribution >= 0.6 is 0 Å². The molecule has 2 heterocycles. The van der Waals surface area contributed by atoms with Crippen molar-refractivity contribution >= 4 is 11.9 Å². The van der Waals surface area contributed by atoms with Gasteiger partial charge in [0, 0.05) is 25.2 Å². The Bertz CT molecular complexity index is 737. The van der Waals surface area contributed by atoms with E-state index < -0.39 is 6.04 Å². The molecule has 4 N–H and O–H groups in total. The van der Waals surface area contributed by atoms with Crippen molar-refractivity contribution in [3.8, 4) is 0 Å². The van der Waals surface area contributed by atoms with E-state index in [2.05, 4.69) is 9.97 Å². The van der Waals surface area contributed by atoms with Crippen molar-refractivity contribution in [1.82, 2.24) is 14.9 Å². The molecule has 1 fully saturated rings. The molecule has 2 atom stereocenters. The second-order valence-corrected chi connectivity index (χ2v) is 6.40. The first-order valence-corrected chi connectivity index (χ1v) is 8.40. The van der Waals surface area contributed by atoms with Crippen LogP contribution in [0.25, 0.3) is 0 Å². The number of hydrogen-bond donors (Lipinski definition) is 2. The zero-order valence-electron chi connectivity index (χ0n) is 13.9. The van der Waals surface area contributed by atoms with Crippen LogP contribution in [0.2, 0.25) is 0 Å². The average molecular weight is 343 g/mol. The molecule has 0 bridgehead atoms.